The second kappa shape index (κ2) is 5.65. The third-order valence-corrected chi connectivity index (χ3v) is 5.38. The molecule has 2 bridgehead atoms. The number of nitrogens with zero attached hydrogens (tertiary/aromatic N) is 4. The molecule has 3 amide bonds. The van der Waals surface area contributed by atoms with Crippen molar-refractivity contribution in [3.63, 3.8) is 0 Å². The fraction of sp³-hybridized carbons (Fsp3) is 0.471. The Hall–Kier alpha value is -2.77. The topological polar surface area (TPSA) is 92.7 Å². The minimum atomic E-state index is -0.410. The molecule has 1 aromatic heterocycles. The number of likely N-dealkylation sites (tertiary alicyclic amines) is 1. The molecule has 130 valence electrons. The number of aromatic nitrogens is 2. The number of fused-ring (bicyclic) bond motifs is 5. The summed E-state index contributed by atoms with van der Waals surface area (Å²) in [5.41, 5.74) is 0. The van der Waals surface area contributed by atoms with Crippen LogP contribution in [0.2, 0.25) is 0 Å². The van der Waals surface area contributed by atoms with E-state index in [1.807, 2.05) is 12.2 Å². The first-order valence-electron chi connectivity index (χ1n) is 8.17. The van der Waals surface area contributed by atoms with Crippen LogP contribution in [0, 0.1) is 23.7 Å². The molecule has 3 aliphatic rings. The van der Waals surface area contributed by atoms with Crippen LogP contribution in [0.25, 0.3) is 0 Å². The summed E-state index contributed by atoms with van der Waals surface area (Å²) >= 11 is 0. The molecule has 4 atom stereocenters. The average Bonchev–Trinajstić information content (AvgIpc) is 3.31. The van der Waals surface area contributed by atoms with Gasteiger partial charge in [0.25, 0.3) is 0 Å². The first-order valence-corrected chi connectivity index (χ1v) is 8.17. The predicted octanol–water partition coefficient (Wildman–Crippen LogP) is 0.255. The number of ether oxygens (including phenoxy) is 1. The van der Waals surface area contributed by atoms with Crippen molar-refractivity contribution in [2.45, 2.75) is 6.42 Å². The summed E-state index contributed by atoms with van der Waals surface area (Å²) in [6, 6.07) is 0. The number of hydrogen-bond donors (Lipinski definition) is 0. The number of methoxy groups -OCH3 is 1. The molecule has 2 fully saturated rings. The van der Waals surface area contributed by atoms with Gasteiger partial charge in [-0.15, -0.1) is 0 Å². The van der Waals surface area contributed by atoms with Crippen molar-refractivity contribution in [1.82, 2.24) is 14.9 Å². The lowest BCUT2D eigenvalue weighted by Gasteiger charge is -2.20. The zero-order valence-corrected chi connectivity index (χ0v) is 14.0. The van der Waals surface area contributed by atoms with E-state index in [1.165, 1.54) is 31.5 Å². The standard InChI is InChI=1S/C17H18N4O4/c1-20(17-18-6-11(25-2)7-19-17)12(22)8-21-15(23)13-9-3-4-10(5-9)14(13)16(21)24/h3-4,6-7,9-10,13-14H,5,8H2,1-2H3. The van der Waals surface area contributed by atoms with Crippen LogP contribution in [0.15, 0.2) is 24.5 Å². The van der Waals surface area contributed by atoms with Gasteiger partial charge in [0.2, 0.25) is 23.7 Å². The predicted molar refractivity (Wildman–Crippen MR) is 86.4 cm³/mol. The van der Waals surface area contributed by atoms with Gasteiger partial charge in [-0.25, -0.2) is 9.97 Å². The Kier molecular flexibility index (Phi) is 3.55. The molecule has 0 spiro atoms. The molecule has 4 rings (SSSR count). The first kappa shape index (κ1) is 15.7. The highest BCUT2D eigenvalue weighted by Gasteiger charge is 2.59. The normalized spacial score (nSPS) is 29.3. The molecular weight excluding hydrogens is 324 g/mol. The largest absolute Gasteiger partial charge is 0.494 e. The zero-order valence-electron chi connectivity index (χ0n) is 14.0. The van der Waals surface area contributed by atoms with Crippen molar-refractivity contribution in [1.29, 1.82) is 0 Å². The van der Waals surface area contributed by atoms with Gasteiger partial charge in [0.1, 0.15) is 6.54 Å². The Bertz CT molecular complexity index is 745. The number of anilines is 1. The van der Waals surface area contributed by atoms with Crippen molar-refractivity contribution in [3.8, 4) is 5.75 Å². The van der Waals surface area contributed by atoms with Crippen LogP contribution in [0.5, 0.6) is 5.75 Å². The molecule has 8 heteroatoms. The lowest BCUT2D eigenvalue weighted by atomic mass is 9.85. The van der Waals surface area contributed by atoms with Gasteiger partial charge in [0.15, 0.2) is 5.75 Å². The highest BCUT2D eigenvalue weighted by atomic mass is 16.5. The van der Waals surface area contributed by atoms with Crippen molar-refractivity contribution < 1.29 is 19.1 Å². The third kappa shape index (κ3) is 2.32. The van der Waals surface area contributed by atoms with Crippen LogP contribution < -0.4 is 9.64 Å². The van der Waals surface area contributed by atoms with Crippen LogP contribution in [0.3, 0.4) is 0 Å². The van der Waals surface area contributed by atoms with Crippen molar-refractivity contribution in [2.24, 2.45) is 23.7 Å². The quantitative estimate of drug-likeness (QED) is 0.575. The SMILES string of the molecule is COc1cnc(N(C)C(=O)CN2C(=O)C3C4C=CC(C4)C3C2=O)nc1. The summed E-state index contributed by atoms with van der Waals surface area (Å²) in [7, 11) is 3.01. The van der Waals surface area contributed by atoms with E-state index in [2.05, 4.69) is 9.97 Å². The van der Waals surface area contributed by atoms with Crippen molar-refractivity contribution >= 4 is 23.7 Å². The van der Waals surface area contributed by atoms with Crippen LogP contribution in [-0.2, 0) is 14.4 Å². The number of carbonyl (C=O) groups is 3. The molecule has 0 radical (unpaired) electrons. The number of carbonyl (C=O) groups excluding carboxylic acids is 3. The Morgan fingerprint density at radius 2 is 1.76 bits per heavy atom. The molecule has 1 aromatic rings. The van der Waals surface area contributed by atoms with Gasteiger partial charge in [0.05, 0.1) is 31.3 Å². The van der Waals surface area contributed by atoms with E-state index in [4.69, 9.17) is 4.74 Å². The monoisotopic (exact) mass is 342 g/mol. The summed E-state index contributed by atoms with van der Waals surface area (Å²) < 4.78 is 4.98. The van der Waals surface area contributed by atoms with Gasteiger partial charge in [-0.3, -0.25) is 24.2 Å². The molecule has 1 aliphatic heterocycles. The van der Waals surface area contributed by atoms with E-state index in [1.54, 1.807) is 0 Å². The maximum absolute atomic E-state index is 12.6. The maximum Gasteiger partial charge on any atom is 0.249 e. The second-order valence-corrected chi connectivity index (χ2v) is 6.64. The maximum atomic E-state index is 12.6. The minimum absolute atomic E-state index is 0.134. The van der Waals surface area contributed by atoms with Gasteiger partial charge in [-0.05, 0) is 18.3 Å². The molecule has 0 aromatic carbocycles. The Labute approximate surface area is 144 Å². The van der Waals surface area contributed by atoms with E-state index in [-0.39, 0.29) is 48.0 Å². The summed E-state index contributed by atoms with van der Waals surface area (Å²) in [6.45, 7) is -0.282. The Morgan fingerprint density at radius 3 is 2.28 bits per heavy atom. The summed E-state index contributed by atoms with van der Waals surface area (Å²) in [5, 5.41) is 0. The summed E-state index contributed by atoms with van der Waals surface area (Å²) in [5.74, 6) is -0.531. The Morgan fingerprint density at radius 1 is 1.20 bits per heavy atom. The molecule has 4 unspecified atom stereocenters. The fourth-order valence-electron chi connectivity index (χ4n) is 4.06. The number of allylic oxidation sites excluding steroid dienone is 2. The second-order valence-electron chi connectivity index (χ2n) is 6.64. The van der Waals surface area contributed by atoms with Crippen LogP contribution in [0.1, 0.15) is 6.42 Å². The number of hydrogen-bond acceptors (Lipinski definition) is 6. The molecule has 1 saturated heterocycles. The van der Waals surface area contributed by atoms with Crippen molar-refractivity contribution in [2.75, 3.05) is 25.6 Å². The number of likely N-dealkylation sites (N-methyl/N-ethyl adjacent to an activating group) is 1. The highest BCUT2D eigenvalue weighted by molar-refractivity contribution is 6.09. The third-order valence-electron chi connectivity index (χ3n) is 5.38. The molecule has 8 nitrogen and oxygen atoms in total. The molecule has 2 heterocycles. The van der Waals surface area contributed by atoms with Gasteiger partial charge >= 0.3 is 0 Å². The van der Waals surface area contributed by atoms with E-state index < -0.39 is 5.91 Å². The van der Waals surface area contributed by atoms with Gasteiger partial charge < -0.3 is 4.74 Å². The van der Waals surface area contributed by atoms with E-state index in [0.29, 0.717) is 5.75 Å². The van der Waals surface area contributed by atoms with Crippen molar-refractivity contribution in [3.05, 3.63) is 24.5 Å². The number of amides is 3. The van der Waals surface area contributed by atoms with Gasteiger partial charge in [-0.1, -0.05) is 12.2 Å². The molecule has 2 aliphatic carbocycles. The van der Waals surface area contributed by atoms with Crippen LogP contribution >= 0.6 is 0 Å². The van der Waals surface area contributed by atoms with E-state index in [9.17, 15) is 14.4 Å². The highest BCUT2D eigenvalue weighted by Crippen LogP contribution is 2.52. The molecule has 25 heavy (non-hydrogen) atoms. The molecular formula is C17H18N4O4. The van der Waals surface area contributed by atoms with Crippen LogP contribution in [-0.4, -0.2) is 53.3 Å². The lowest BCUT2D eigenvalue weighted by molar-refractivity contribution is -0.143. The van der Waals surface area contributed by atoms with E-state index in [0.717, 1.165) is 11.3 Å². The average molecular weight is 342 g/mol. The van der Waals surface area contributed by atoms with Crippen LogP contribution in [0.4, 0.5) is 5.95 Å². The Balaban J connectivity index is 1.47. The first-order chi connectivity index (χ1) is 12.0. The van der Waals surface area contributed by atoms with Gasteiger partial charge in [0, 0.05) is 7.05 Å². The summed E-state index contributed by atoms with van der Waals surface area (Å²) in [6.07, 6.45) is 7.82. The molecule has 0 N–H and O–H groups in total. The van der Waals surface area contributed by atoms with E-state index >= 15 is 0 Å². The zero-order chi connectivity index (χ0) is 17.7. The smallest absolute Gasteiger partial charge is 0.249 e. The van der Waals surface area contributed by atoms with Gasteiger partial charge in [-0.2, -0.15) is 0 Å². The molecule has 1 saturated carbocycles. The summed E-state index contributed by atoms with van der Waals surface area (Å²) in [4.78, 5) is 48.2. The minimum Gasteiger partial charge on any atom is -0.494 e. The fourth-order valence-corrected chi connectivity index (χ4v) is 4.06. The number of imide groups is 1. The number of rotatable bonds is 4. The lowest BCUT2D eigenvalue weighted by Crippen LogP contribution is -2.43.